The topological polar surface area (TPSA) is 27.7 Å². The second-order valence-electron chi connectivity index (χ2n) is 2.00. The Bertz CT molecular complexity index is 84.4. The molecule has 4 heteroatoms. The molecule has 12 heavy (non-hydrogen) atoms. The summed E-state index contributed by atoms with van der Waals surface area (Å²) in [6.07, 6.45) is 0.840. The summed E-state index contributed by atoms with van der Waals surface area (Å²) in [5, 5.41) is 0. The van der Waals surface area contributed by atoms with Gasteiger partial charge in [0.2, 0.25) is 0 Å². The highest BCUT2D eigenvalue weighted by Crippen LogP contribution is 2.37. The van der Waals surface area contributed by atoms with E-state index in [0.717, 1.165) is 6.16 Å². The van der Waals surface area contributed by atoms with Crippen LogP contribution in [0.2, 0.25) is 0 Å². The van der Waals surface area contributed by atoms with Gasteiger partial charge in [-0.25, -0.2) is 0 Å². The maximum absolute atomic E-state index is 5.37. The van der Waals surface area contributed by atoms with Gasteiger partial charge in [0.1, 0.15) is 0 Å². The van der Waals surface area contributed by atoms with Crippen molar-refractivity contribution in [1.82, 2.24) is 0 Å². The Hall–Kier alpha value is 0.310. The lowest BCUT2D eigenvalue weighted by atomic mass is 10.8. The lowest BCUT2D eigenvalue weighted by molar-refractivity contribution is 0.171. The summed E-state index contributed by atoms with van der Waals surface area (Å²) in [6.45, 7) is 10.1. The first-order chi connectivity index (χ1) is 5.85. The van der Waals surface area contributed by atoms with Gasteiger partial charge >= 0.3 is 0 Å². The molecule has 0 amide bonds. The third-order valence-electron chi connectivity index (χ3n) is 1.11. The predicted molar refractivity (Wildman–Crippen MR) is 51.2 cm³/mol. The molecule has 0 rings (SSSR count). The van der Waals surface area contributed by atoms with E-state index in [1.54, 1.807) is 0 Å². The van der Waals surface area contributed by atoms with E-state index in [2.05, 4.69) is 6.92 Å². The summed E-state index contributed by atoms with van der Waals surface area (Å²) in [5.41, 5.74) is 0. The fourth-order valence-electron chi connectivity index (χ4n) is 0.695. The molecule has 0 N–H and O–H groups in total. The molecule has 0 aromatic rings. The van der Waals surface area contributed by atoms with Crippen LogP contribution in [0.1, 0.15) is 13.8 Å². The van der Waals surface area contributed by atoms with Gasteiger partial charge in [-0.05, 0) is 20.8 Å². The van der Waals surface area contributed by atoms with Crippen molar-refractivity contribution in [2.45, 2.75) is 13.8 Å². The highest BCUT2D eigenvalue weighted by molar-refractivity contribution is 7.47. The number of rotatable bonds is 8. The van der Waals surface area contributed by atoms with E-state index < -0.39 is 8.38 Å². The Morgan fingerprint density at radius 1 is 1.17 bits per heavy atom. The van der Waals surface area contributed by atoms with Crippen LogP contribution >= 0.6 is 8.38 Å². The zero-order chi connectivity index (χ0) is 9.23. The summed E-state index contributed by atoms with van der Waals surface area (Å²) in [7, 11) is -0.725. The van der Waals surface area contributed by atoms with Crippen molar-refractivity contribution in [2.24, 2.45) is 0 Å². The smallest absolute Gasteiger partial charge is 0.172 e. The van der Waals surface area contributed by atoms with Gasteiger partial charge in [0, 0.05) is 12.8 Å². The third-order valence-corrected chi connectivity index (χ3v) is 2.75. The number of ether oxygens (including phenoxy) is 1. The van der Waals surface area contributed by atoms with Gasteiger partial charge in [0.15, 0.2) is 8.38 Å². The first kappa shape index (κ1) is 12.3. The van der Waals surface area contributed by atoms with Crippen LogP contribution in [0.3, 0.4) is 0 Å². The molecule has 0 aromatic carbocycles. The number of hydrogen-bond acceptors (Lipinski definition) is 3. The van der Waals surface area contributed by atoms with Crippen molar-refractivity contribution in [3.8, 4) is 0 Å². The molecular formula is C8H18O3P. The monoisotopic (exact) mass is 193 g/mol. The molecule has 0 aliphatic heterocycles. The van der Waals surface area contributed by atoms with Gasteiger partial charge < -0.3 is 13.8 Å². The lowest BCUT2D eigenvalue weighted by Crippen LogP contribution is -2.02. The Morgan fingerprint density at radius 3 is 2.17 bits per heavy atom. The van der Waals surface area contributed by atoms with Crippen LogP contribution < -0.4 is 0 Å². The van der Waals surface area contributed by atoms with Gasteiger partial charge in [0.25, 0.3) is 0 Å². The van der Waals surface area contributed by atoms with Crippen LogP contribution in [0, 0.1) is 6.92 Å². The van der Waals surface area contributed by atoms with Gasteiger partial charge in [-0.15, -0.1) is 0 Å². The molecule has 0 aliphatic rings. The fourth-order valence-corrected chi connectivity index (χ4v) is 1.88. The van der Waals surface area contributed by atoms with Gasteiger partial charge in [0.05, 0.1) is 19.8 Å². The zero-order valence-corrected chi connectivity index (χ0v) is 8.81. The van der Waals surface area contributed by atoms with Gasteiger partial charge in [-0.1, -0.05) is 0 Å². The van der Waals surface area contributed by atoms with E-state index in [4.69, 9.17) is 13.8 Å². The molecule has 3 nitrogen and oxygen atoms in total. The molecule has 73 valence electrons. The predicted octanol–water partition coefficient (Wildman–Crippen LogP) is 2.22. The average Bonchev–Trinajstić information content (AvgIpc) is 2.06. The Morgan fingerprint density at radius 2 is 1.75 bits per heavy atom. The molecular weight excluding hydrogens is 175 g/mol. The van der Waals surface area contributed by atoms with Gasteiger partial charge in [-0.2, -0.15) is 0 Å². The normalized spacial score (nSPS) is 11.0. The quantitative estimate of drug-likeness (QED) is 0.437. The van der Waals surface area contributed by atoms with Crippen molar-refractivity contribution < 1.29 is 13.8 Å². The van der Waals surface area contributed by atoms with E-state index in [-0.39, 0.29) is 0 Å². The molecule has 1 radical (unpaired) electrons. The van der Waals surface area contributed by atoms with Crippen LogP contribution in [-0.2, 0) is 13.8 Å². The SMILES string of the molecule is [CH2]COCCP(OCC)OCC. The Balaban J connectivity index is 3.34. The van der Waals surface area contributed by atoms with Gasteiger partial charge in [-0.3, -0.25) is 0 Å². The van der Waals surface area contributed by atoms with Crippen molar-refractivity contribution in [2.75, 3.05) is 32.6 Å². The van der Waals surface area contributed by atoms with Crippen LogP contribution in [0.25, 0.3) is 0 Å². The van der Waals surface area contributed by atoms with Crippen LogP contribution in [0.4, 0.5) is 0 Å². The zero-order valence-electron chi connectivity index (χ0n) is 7.91. The van der Waals surface area contributed by atoms with Crippen molar-refractivity contribution in [1.29, 1.82) is 0 Å². The largest absolute Gasteiger partial charge is 0.381 e. The summed E-state index contributed by atoms with van der Waals surface area (Å²) in [6, 6.07) is 0. The van der Waals surface area contributed by atoms with E-state index in [1.807, 2.05) is 13.8 Å². The van der Waals surface area contributed by atoms with Crippen LogP contribution in [0.5, 0.6) is 0 Å². The third kappa shape index (κ3) is 6.99. The van der Waals surface area contributed by atoms with E-state index in [1.165, 1.54) is 0 Å². The molecule has 0 heterocycles. The van der Waals surface area contributed by atoms with Crippen LogP contribution in [0.15, 0.2) is 0 Å². The lowest BCUT2D eigenvalue weighted by Gasteiger charge is -2.14. The molecule has 0 atom stereocenters. The minimum atomic E-state index is -0.725. The standard InChI is InChI=1S/C8H18O3P/c1-4-9-7-8-12(10-5-2)11-6-3/h1,4-8H2,2-3H3. The van der Waals surface area contributed by atoms with E-state index in [0.29, 0.717) is 26.4 Å². The van der Waals surface area contributed by atoms with E-state index in [9.17, 15) is 0 Å². The second kappa shape index (κ2) is 9.40. The van der Waals surface area contributed by atoms with Crippen molar-refractivity contribution in [3.05, 3.63) is 6.92 Å². The number of hydrogen-bond donors (Lipinski definition) is 0. The minimum absolute atomic E-state index is 0.515. The molecule has 0 spiro atoms. The second-order valence-corrected chi connectivity index (χ2v) is 3.63. The van der Waals surface area contributed by atoms with Crippen LogP contribution in [-0.4, -0.2) is 32.6 Å². The van der Waals surface area contributed by atoms with Crippen molar-refractivity contribution >= 4 is 8.38 Å². The summed E-state index contributed by atoms with van der Waals surface area (Å²) < 4.78 is 15.8. The molecule has 0 aliphatic carbocycles. The first-order valence-electron chi connectivity index (χ1n) is 4.25. The summed E-state index contributed by atoms with van der Waals surface area (Å²) in [5.74, 6) is 0. The highest BCUT2D eigenvalue weighted by Gasteiger charge is 2.07. The van der Waals surface area contributed by atoms with E-state index >= 15 is 0 Å². The molecule has 0 bridgehead atoms. The molecule has 0 unspecified atom stereocenters. The molecule has 0 saturated heterocycles. The average molecular weight is 193 g/mol. The highest BCUT2D eigenvalue weighted by atomic mass is 31.2. The summed E-state index contributed by atoms with van der Waals surface area (Å²) in [4.78, 5) is 0. The fraction of sp³-hybridized carbons (Fsp3) is 0.875. The Kier molecular flexibility index (Phi) is 9.64. The Labute approximate surface area is 76.3 Å². The molecule has 0 aromatic heterocycles. The summed E-state index contributed by atoms with van der Waals surface area (Å²) >= 11 is 0. The maximum Gasteiger partial charge on any atom is 0.172 e. The maximum atomic E-state index is 5.37. The molecule has 0 fully saturated rings. The minimum Gasteiger partial charge on any atom is -0.381 e. The first-order valence-corrected chi connectivity index (χ1v) is 5.61. The molecule has 0 saturated carbocycles. The van der Waals surface area contributed by atoms with Crippen molar-refractivity contribution in [3.63, 3.8) is 0 Å².